The van der Waals surface area contributed by atoms with Crippen LogP contribution in [0, 0.1) is 0 Å². The van der Waals surface area contributed by atoms with Crippen LogP contribution in [-0.4, -0.2) is 5.84 Å². The molecular formula is C9H15Cl2N3. The second-order valence-corrected chi connectivity index (χ2v) is 2.59. The van der Waals surface area contributed by atoms with E-state index in [2.05, 4.69) is 4.99 Å². The fourth-order valence-corrected chi connectivity index (χ4v) is 0.983. The highest BCUT2D eigenvalue weighted by molar-refractivity contribution is 5.85. The number of para-hydroxylation sites is 1. The van der Waals surface area contributed by atoms with Gasteiger partial charge in [-0.05, 0) is 18.6 Å². The van der Waals surface area contributed by atoms with E-state index in [1.165, 1.54) is 0 Å². The van der Waals surface area contributed by atoms with Crippen LogP contribution in [0.2, 0.25) is 0 Å². The summed E-state index contributed by atoms with van der Waals surface area (Å²) in [6.45, 7) is 2.25. The van der Waals surface area contributed by atoms with E-state index in [9.17, 15) is 0 Å². The first-order valence-corrected chi connectivity index (χ1v) is 3.83. The number of nitrogens with zero attached hydrogens (tertiary/aromatic N) is 1. The lowest BCUT2D eigenvalue weighted by atomic mass is 10.2. The van der Waals surface area contributed by atoms with Crippen molar-refractivity contribution in [2.75, 3.05) is 0 Å². The molecule has 0 spiro atoms. The molecule has 0 heterocycles. The molecule has 0 amide bonds. The first-order valence-electron chi connectivity index (χ1n) is 3.83. The molecule has 0 fully saturated rings. The second kappa shape index (κ2) is 7.62. The van der Waals surface area contributed by atoms with Crippen LogP contribution in [0.25, 0.3) is 0 Å². The van der Waals surface area contributed by atoms with Crippen molar-refractivity contribution in [3.63, 3.8) is 0 Å². The quantitative estimate of drug-likeness (QED) is 0.609. The lowest BCUT2D eigenvalue weighted by molar-refractivity contribution is 1.07. The zero-order valence-electron chi connectivity index (χ0n) is 7.93. The molecule has 0 unspecified atom stereocenters. The molecule has 0 radical (unpaired) electrons. The summed E-state index contributed by atoms with van der Waals surface area (Å²) in [7, 11) is 0. The molecule has 0 saturated heterocycles. The lowest BCUT2D eigenvalue weighted by Gasteiger charge is -2.01. The average Bonchev–Trinajstić information content (AvgIpc) is 2.04. The van der Waals surface area contributed by atoms with E-state index in [1.54, 1.807) is 6.92 Å². The van der Waals surface area contributed by atoms with E-state index in [1.807, 2.05) is 24.3 Å². The van der Waals surface area contributed by atoms with Crippen molar-refractivity contribution in [2.45, 2.75) is 13.5 Å². The summed E-state index contributed by atoms with van der Waals surface area (Å²) < 4.78 is 0. The fraction of sp³-hybridized carbons (Fsp3) is 0.222. The van der Waals surface area contributed by atoms with Crippen molar-refractivity contribution in [3.8, 4) is 0 Å². The number of amidine groups is 1. The number of rotatable bonds is 2. The molecule has 14 heavy (non-hydrogen) atoms. The summed E-state index contributed by atoms with van der Waals surface area (Å²) >= 11 is 0. The Bertz CT molecular complexity index is 296. The van der Waals surface area contributed by atoms with Crippen LogP contribution in [0.3, 0.4) is 0 Å². The van der Waals surface area contributed by atoms with Crippen LogP contribution in [0.4, 0.5) is 5.69 Å². The molecule has 80 valence electrons. The first kappa shape index (κ1) is 15.7. The maximum absolute atomic E-state index is 5.52. The van der Waals surface area contributed by atoms with Gasteiger partial charge in [0.15, 0.2) is 0 Å². The minimum absolute atomic E-state index is 0. The van der Waals surface area contributed by atoms with Crippen molar-refractivity contribution < 1.29 is 0 Å². The highest BCUT2D eigenvalue weighted by Gasteiger charge is 1.96. The van der Waals surface area contributed by atoms with Crippen molar-refractivity contribution >= 4 is 36.3 Å². The maximum Gasteiger partial charge on any atom is 0.0965 e. The van der Waals surface area contributed by atoms with Gasteiger partial charge in [0.25, 0.3) is 0 Å². The molecule has 0 aliphatic carbocycles. The summed E-state index contributed by atoms with van der Waals surface area (Å²) in [6, 6.07) is 7.70. The third-order valence-electron chi connectivity index (χ3n) is 1.51. The lowest BCUT2D eigenvalue weighted by Crippen LogP contribution is -2.05. The maximum atomic E-state index is 5.52. The van der Waals surface area contributed by atoms with Crippen molar-refractivity contribution in [1.29, 1.82) is 0 Å². The Balaban J connectivity index is 0. The normalized spacial score (nSPS) is 10.0. The Kier molecular flexibility index (Phi) is 8.54. The van der Waals surface area contributed by atoms with Crippen LogP contribution in [0.1, 0.15) is 12.5 Å². The Labute approximate surface area is 96.4 Å². The number of hydrogen-bond donors (Lipinski definition) is 2. The summed E-state index contributed by atoms with van der Waals surface area (Å²) in [6.07, 6.45) is 0. The van der Waals surface area contributed by atoms with Gasteiger partial charge in [-0.2, -0.15) is 0 Å². The number of halogens is 2. The third-order valence-corrected chi connectivity index (χ3v) is 1.51. The van der Waals surface area contributed by atoms with E-state index >= 15 is 0 Å². The number of benzene rings is 1. The molecule has 3 nitrogen and oxygen atoms in total. The van der Waals surface area contributed by atoms with Gasteiger partial charge in [0, 0.05) is 6.54 Å². The zero-order chi connectivity index (χ0) is 8.97. The standard InChI is InChI=1S/C9H13N3.2ClH/c1-7(11)12-9-5-3-2-4-8(9)6-10;;/h2-5H,6,10H2,1H3,(H2,11,12);2*1H. The second-order valence-electron chi connectivity index (χ2n) is 2.59. The van der Waals surface area contributed by atoms with Crippen LogP contribution in [-0.2, 0) is 6.54 Å². The van der Waals surface area contributed by atoms with Crippen LogP contribution < -0.4 is 11.5 Å². The van der Waals surface area contributed by atoms with Gasteiger partial charge in [-0.15, -0.1) is 24.8 Å². The highest BCUT2D eigenvalue weighted by Crippen LogP contribution is 2.17. The number of aliphatic imine (C=N–C) groups is 1. The van der Waals surface area contributed by atoms with Crippen molar-refractivity contribution in [2.24, 2.45) is 16.5 Å². The largest absolute Gasteiger partial charge is 0.387 e. The van der Waals surface area contributed by atoms with E-state index in [0.717, 1.165) is 11.3 Å². The molecule has 0 aliphatic heterocycles. The molecule has 0 atom stereocenters. The molecule has 4 N–H and O–H groups in total. The molecule has 0 bridgehead atoms. The van der Waals surface area contributed by atoms with E-state index in [0.29, 0.717) is 12.4 Å². The Hall–Kier alpha value is -0.770. The summed E-state index contributed by atoms with van der Waals surface area (Å²) in [4.78, 5) is 4.14. The molecular weight excluding hydrogens is 221 g/mol. The fourth-order valence-electron chi connectivity index (χ4n) is 0.983. The minimum Gasteiger partial charge on any atom is -0.387 e. The van der Waals surface area contributed by atoms with Gasteiger partial charge < -0.3 is 11.5 Å². The van der Waals surface area contributed by atoms with Crippen LogP contribution >= 0.6 is 24.8 Å². The molecule has 0 aromatic heterocycles. The minimum atomic E-state index is 0. The van der Waals surface area contributed by atoms with Crippen molar-refractivity contribution in [1.82, 2.24) is 0 Å². The van der Waals surface area contributed by atoms with Gasteiger partial charge in [-0.3, -0.25) is 0 Å². The van der Waals surface area contributed by atoms with Crippen LogP contribution in [0.15, 0.2) is 29.3 Å². The molecule has 1 rings (SSSR count). The first-order chi connectivity index (χ1) is 5.74. The van der Waals surface area contributed by atoms with Crippen molar-refractivity contribution in [3.05, 3.63) is 29.8 Å². The Morgan fingerprint density at radius 1 is 1.29 bits per heavy atom. The topological polar surface area (TPSA) is 64.4 Å². The van der Waals surface area contributed by atoms with Gasteiger partial charge in [-0.25, -0.2) is 4.99 Å². The molecule has 1 aromatic carbocycles. The summed E-state index contributed by atoms with van der Waals surface area (Å²) in [5.74, 6) is 0.552. The zero-order valence-corrected chi connectivity index (χ0v) is 9.57. The SMILES string of the molecule is CC(N)=Nc1ccccc1CN.Cl.Cl. The van der Waals surface area contributed by atoms with E-state index in [-0.39, 0.29) is 24.8 Å². The van der Waals surface area contributed by atoms with Gasteiger partial charge in [0.05, 0.1) is 11.5 Å². The number of hydrogen-bond acceptors (Lipinski definition) is 2. The number of nitrogens with two attached hydrogens (primary N) is 2. The summed E-state index contributed by atoms with van der Waals surface area (Å²) in [5.41, 5.74) is 12.9. The van der Waals surface area contributed by atoms with Gasteiger partial charge in [-0.1, -0.05) is 18.2 Å². The van der Waals surface area contributed by atoms with Gasteiger partial charge in [0.2, 0.25) is 0 Å². The van der Waals surface area contributed by atoms with E-state index < -0.39 is 0 Å². The predicted octanol–water partition coefficient (Wildman–Crippen LogP) is 2.00. The molecule has 0 saturated carbocycles. The summed E-state index contributed by atoms with van der Waals surface area (Å²) in [5, 5.41) is 0. The van der Waals surface area contributed by atoms with E-state index in [4.69, 9.17) is 11.5 Å². The molecule has 0 aliphatic rings. The third kappa shape index (κ3) is 4.46. The Morgan fingerprint density at radius 2 is 1.86 bits per heavy atom. The molecule has 5 heteroatoms. The monoisotopic (exact) mass is 235 g/mol. The van der Waals surface area contributed by atoms with Gasteiger partial charge >= 0.3 is 0 Å². The smallest absolute Gasteiger partial charge is 0.0965 e. The molecule has 1 aromatic rings. The van der Waals surface area contributed by atoms with Gasteiger partial charge in [0.1, 0.15) is 0 Å². The highest BCUT2D eigenvalue weighted by atomic mass is 35.5. The predicted molar refractivity (Wildman–Crippen MR) is 65.8 cm³/mol. The van der Waals surface area contributed by atoms with Crippen LogP contribution in [0.5, 0.6) is 0 Å². The average molecular weight is 236 g/mol. The Morgan fingerprint density at radius 3 is 2.36 bits per heavy atom.